The van der Waals surface area contributed by atoms with Crippen LogP contribution >= 0.6 is 11.3 Å². The Balaban J connectivity index is 2.18. The van der Waals surface area contributed by atoms with Crippen molar-refractivity contribution in [2.24, 2.45) is 0 Å². The van der Waals surface area contributed by atoms with E-state index >= 15 is 0 Å². The van der Waals surface area contributed by atoms with E-state index in [0.717, 1.165) is 10.4 Å². The van der Waals surface area contributed by atoms with E-state index in [9.17, 15) is 14.0 Å². The van der Waals surface area contributed by atoms with Crippen LogP contribution in [0.3, 0.4) is 0 Å². The van der Waals surface area contributed by atoms with Crippen LogP contribution in [0.5, 0.6) is 0 Å². The number of benzene rings is 1. The molecule has 2 aromatic rings. The molecule has 0 aliphatic carbocycles. The summed E-state index contributed by atoms with van der Waals surface area (Å²) in [7, 11) is 1.61. The number of carbonyl (C=O) groups is 2. The highest BCUT2D eigenvalue weighted by Gasteiger charge is 2.24. The Morgan fingerprint density at radius 2 is 1.75 bits per heavy atom. The molecule has 32 heavy (non-hydrogen) atoms. The van der Waals surface area contributed by atoms with Gasteiger partial charge in [0.05, 0.1) is 6.54 Å². The summed E-state index contributed by atoms with van der Waals surface area (Å²) in [6.45, 7) is 9.36. The highest BCUT2D eigenvalue weighted by Crippen LogP contribution is 2.19. The maximum atomic E-state index is 13.3. The number of nitrogens with one attached hydrogen (secondary N) is 1. The van der Waals surface area contributed by atoms with E-state index in [1.807, 2.05) is 39.8 Å². The summed E-state index contributed by atoms with van der Waals surface area (Å²) in [4.78, 5) is 31.6. The number of methoxy groups -OCH3 is 1. The second kappa shape index (κ2) is 12.0. The molecule has 0 spiro atoms. The Bertz CT molecular complexity index is 877. The maximum absolute atomic E-state index is 13.3. The molecule has 0 unspecified atom stereocenters. The van der Waals surface area contributed by atoms with Gasteiger partial charge < -0.3 is 19.9 Å². The van der Waals surface area contributed by atoms with Gasteiger partial charge in [0.2, 0.25) is 5.91 Å². The van der Waals surface area contributed by atoms with Gasteiger partial charge in [0.25, 0.3) is 0 Å². The summed E-state index contributed by atoms with van der Waals surface area (Å²) in [6.07, 6.45) is 0.628. The molecule has 0 atom stereocenters. The normalized spacial score (nSPS) is 11.3. The SMILES string of the molecule is COCCCN(CC(=O)N(Cc1ccc(F)cc1)Cc1ccc(C)s1)C(=O)NC(C)(C)C. The number of thiophene rings is 1. The summed E-state index contributed by atoms with van der Waals surface area (Å²) >= 11 is 1.63. The lowest BCUT2D eigenvalue weighted by Gasteiger charge is -2.30. The number of amides is 3. The fraction of sp³-hybridized carbons (Fsp3) is 0.500. The van der Waals surface area contributed by atoms with Crippen LogP contribution in [0.4, 0.5) is 9.18 Å². The second-order valence-electron chi connectivity index (χ2n) is 8.84. The number of halogens is 1. The highest BCUT2D eigenvalue weighted by molar-refractivity contribution is 7.11. The monoisotopic (exact) mass is 463 g/mol. The van der Waals surface area contributed by atoms with Crippen LogP contribution in [0.15, 0.2) is 36.4 Å². The maximum Gasteiger partial charge on any atom is 0.318 e. The van der Waals surface area contributed by atoms with Crippen molar-refractivity contribution in [1.82, 2.24) is 15.1 Å². The Morgan fingerprint density at radius 1 is 1.06 bits per heavy atom. The van der Waals surface area contributed by atoms with Crippen molar-refractivity contribution in [2.45, 2.75) is 52.7 Å². The Hall–Kier alpha value is -2.45. The van der Waals surface area contributed by atoms with Crippen LogP contribution < -0.4 is 5.32 Å². The molecule has 1 N–H and O–H groups in total. The number of rotatable bonds is 10. The number of ether oxygens (including phenoxy) is 1. The van der Waals surface area contributed by atoms with Crippen LogP contribution in [0.2, 0.25) is 0 Å². The number of aryl methyl sites for hydroxylation is 1. The number of hydrogen-bond acceptors (Lipinski definition) is 4. The lowest BCUT2D eigenvalue weighted by molar-refractivity contribution is -0.133. The fourth-order valence-electron chi connectivity index (χ4n) is 3.12. The molecule has 1 heterocycles. The van der Waals surface area contributed by atoms with Gasteiger partial charge in [-0.15, -0.1) is 11.3 Å². The van der Waals surface area contributed by atoms with Crippen LogP contribution in [-0.2, 0) is 22.6 Å². The number of nitrogens with zero attached hydrogens (tertiary/aromatic N) is 2. The van der Waals surface area contributed by atoms with Crippen molar-refractivity contribution in [2.75, 3.05) is 26.8 Å². The molecular formula is C24H34FN3O3S. The molecule has 3 amide bonds. The molecule has 8 heteroatoms. The van der Waals surface area contributed by atoms with Crippen molar-refractivity contribution in [3.05, 3.63) is 57.5 Å². The molecule has 0 radical (unpaired) electrons. The number of hydrogen-bond donors (Lipinski definition) is 1. The topological polar surface area (TPSA) is 61.9 Å². The van der Waals surface area contributed by atoms with E-state index in [2.05, 4.69) is 5.32 Å². The van der Waals surface area contributed by atoms with Crippen molar-refractivity contribution in [3.8, 4) is 0 Å². The van der Waals surface area contributed by atoms with Gasteiger partial charge in [0.1, 0.15) is 12.4 Å². The lowest BCUT2D eigenvalue weighted by atomic mass is 10.1. The molecule has 0 fully saturated rings. The Labute approximate surface area is 194 Å². The first-order chi connectivity index (χ1) is 15.1. The second-order valence-corrected chi connectivity index (χ2v) is 10.2. The minimum atomic E-state index is -0.415. The van der Waals surface area contributed by atoms with Gasteiger partial charge in [-0.05, 0) is 63.9 Å². The van der Waals surface area contributed by atoms with Gasteiger partial charge in [-0.3, -0.25) is 4.79 Å². The van der Waals surface area contributed by atoms with Crippen molar-refractivity contribution in [3.63, 3.8) is 0 Å². The van der Waals surface area contributed by atoms with E-state index in [4.69, 9.17) is 4.74 Å². The summed E-state index contributed by atoms with van der Waals surface area (Å²) in [5.74, 6) is -0.481. The van der Waals surface area contributed by atoms with E-state index in [1.165, 1.54) is 21.9 Å². The molecule has 1 aromatic heterocycles. The van der Waals surface area contributed by atoms with Gasteiger partial charge in [0, 0.05) is 42.1 Å². The largest absolute Gasteiger partial charge is 0.385 e. The molecule has 0 aliphatic heterocycles. The third-order valence-corrected chi connectivity index (χ3v) is 5.64. The molecule has 0 saturated carbocycles. The average Bonchev–Trinajstić information content (AvgIpc) is 3.11. The van der Waals surface area contributed by atoms with E-state index in [-0.39, 0.29) is 24.3 Å². The number of urea groups is 1. The zero-order chi connectivity index (χ0) is 23.7. The van der Waals surface area contributed by atoms with Crippen molar-refractivity contribution >= 4 is 23.3 Å². The molecular weight excluding hydrogens is 429 g/mol. The van der Waals surface area contributed by atoms with Gasteiger partial charge in [-0.1, -0.05) is 12.1 Å². The van der Waals surface area contributed by atoms with Gasteiger partial charge >= 0.3 is 6.03 Å². The molecule has 2 rings (SSSR count). The lowest BCUT2D eigenvalue weighted by Crippen LogP contribution is -2.51. The molecule has 6 nitrogen and oxygen atoms in total. The van der Waals surface area contributed by atoms with E-state index < -0.39 is 5.54 Å². The first kappa shape index (κ1) is 25.8. The first-order valence-electron chi connectivity index (χ1n) is 10.7. The molecule has 0 bridgehead atoms. The predicted molar refractivity (Wildman–Crippen MR) is 126 cm³/mol. The summed E-state index contributed by atoms with van der Waals surface area (Å²) in [6, 6.07) is 9.88. The van der Waals surface area contributed by atoms with Gasteiger partial charge in [-0.2, -0.15) is 0 Å². The molecule has 1 aromatic carbocycles. The van der Waals surface area contributed by atoms with Gasteiger partial charge in [-0.25, -0.2) is 9.18 Å². The zero-order valence-electron chi connectivity index (χ0n) is 19.6. The molecule has 0 aliphatic rings. The van der Waals surface area contributed by atoms with E-state index in [0.29, 0.717) is 32.7 Å². The Kier molecular flexibility index (Phi) is 9.65. The third kappa shape index (κ3) is 8.96. The van der Waals surface area contributed by atoms with Crippen LogP contribution in [0.1, 0.15) is 42.5 Å². The summed E-state index contributed by atoms with van der Waals surface area (Å²) in [5.41, 5.74) is 0.417. The smallest absolute Gasteiger partial charge is 0.318 e. The van der Waals surface area contributed by atoms with Crippen molar-refractivity contribution < 1.29 is 18.7 Å². The summed E-state index contributed by atoms with van der Waals surface area (Å²) < 4.78 is 18.4. The minimum absolute atomic E-state index is 0.0445. The van der Waals surface area contributed by atoms with Gasteiger partial charge in [0.15, 0.2) is 0 Å². The zero-order valence-corrected chi connectivity index (χ0v) is 20.4. The standard InChI is InChI=1S/C24H34FN3O3S/c1-18-7-12-21(32-18)16-28(15-19-8-10-20(25)11-9-19)22(29)17-27(13-6-14-31-5)23(30)26-24(2,3)4/h7-12H,6,13-17H2,1-5H3,(H,26,30). The fourth-order valence-corrected chi connectivity index (χ4v) is 4.02. The summed E-state index contributed by atoms with van der Waals surface area (Å²) in [5, 5.41) is 2.94. The third-order valence-electron chi connectivity index (χ3n) is 4.65. The first-order valence-corrected chi connectivity index (χ1v) is 11.5. The number of carbonyl (C=O) groups excluding carboxylic acids is 2. The van der Waals surface area contributed by atoms with Crippen molar-refractivity contribution in [1.29, 1.82) is 0 Å². The Morgan fingerprint density at radius 3 is 2.31 bits per heavy atom. The predicted octanol–water partition coefficient (Wildman–Crippen LogP) is 4.57. The molecule has 176 valence electrons. The van der Waals surface area contributed by atoms with Crippen LogP contribution in [0.25, 0.3) is 0 Å². The van der Waals surface area contributed by atoms with Crippen LogP contribution in [-0.4, -0.2) is 54.1 Å². The molecule has 0 saturated heterocycles. The minimum Gasteiger partial charge on any atom is -0.385 e. The van der Waals surface area contributed by atoms with Crippen LogP contribution in [0, 0.1) is 12.7 Å². The quantitative estimate of drug-likeness (QED) is 0.525. The highest BCUT2D eigenvalue weighted by atomic mass is 32.1. The average molecular weight is 464 g/mol. The van der Waals surface area contributed by atoms with E-state index in [1.54, 1.807) is 35.5 Å².